The van der Waals surface area contributed by atoms with Gasteiger partial charge in [0.1, 0.15) is 22.0 Å². The number of nitrogens with zero attached hydrogens (tertiary/aromatic N) is 2. The first-order chi connectivity index (χ1) is 11.9. The summed E-state index contributed by atoms with van der Waals surface area (Å²) in [6.07, 6.45) is 0. The number of methoxy groups -OCH3 is 1. The Kier molecular flexibility index (Phi) is 5.32. The predicted molar refractivity (Wildman–Crippen MR) is 92.4 cm³/mol. The summed E-state index contributed by atoms with van der Waals surface area (Å²) in [6, 6.07) is 5.38. The first-order valence-electron chi connectivity index (χ1n) is 6.88. The summed E-state index contributed by atoms with van der Waals surface area (Å²) in [4.78, 5) is -1.29. The largest absolute Gasteiger partial charge is 0.494 e. The fraction of sp³-hybridized carbons (Fsp3) is 0.143. The lowest BCUT2D eigenvalue weighted by molar-refractivity contribution is 0.416. The van der Waals surface area contributed by atoms with Gasteiger partial charge in [-0.15, -0.1) is 10.2 Å². The van der Waals surface area contributed by atoms with E-state index in [-0.39, 0.29) is 11.4 Å². The van der Waals surface area contributed by atoms with E-state index < -0.39 is 35.7 Å². The van der Waals surface area contributed by atoms with Crippen molar-refractivity contribution in [2.45, 2.75) is 16.7 Å². The second-order valence-electron chi connectivity index (χ2n) is 5.16. The van der Waals surface area contributed by atoms with Gasteiger partial charge < -0.3 is 10.5 Å². The molecule has 0 atom stereocenters. The van der Waals surface area contributed by atoms with Crippen molar-refractivity contribution in [3.05, 3.63) is 35.9 Å². The molecule has 0 saturated heterocycles. The van der Waals surface area contributed by atoms with E-state index in [1.54, 1.807) is 6.92 Å². The van der Waals surface area contributed by atoms with Gasteiger partial charge in [0.25, 0.3) is 20.2 Å². The molecular weight excluding hydrogens is 386 g/mol. The van der Waals surface area contributed by atoms with Crippen LogP contribution in [-0.4, -0.2) is 33.1 Å². The minimum atomic E-state index is -4.71. The number of nitrogens with two attached hydrogens (primary N) is 1. The van der Waals surface area contributed by atoms with Gasteiger partial charge in [-0.05, 0) is 36.8 Å². The SMILES string of the molecule is COc1cc(N)c(C)cc1N=Nc1cc(S(=O)(=O)O)ccc1S(=O)(=O)O. The van der Waals surface area contributed by atoms with E-state index in [1.165, 1.54) is 19.2 Å². The Bertz CT molecular complexity index is 1090. The Balaban J connectivity index is 2.65. The van der Waals surface area contributed by atoms with Crippen molar-refractivity contribution < 1.29 is 30.7 Å². The summed E-state index contributed by atoms with van der Waals surface area (Å²) in [6.45, 7) is 1.70. The second-order valence-corrected chi connectivity index (χ2v) is 7.97. The standard InChI is InChI=1S/C14H15N3O7S2/c1-8-5-11(13(24-2)7-10(8)15)16-17-12-6-9(25(18,19)20)3-4-14(12)26(21,22)23/h3-7H,15H2,1-2H3,(H,18,19,20)(H,21,22,23). The molecule has 0 amide bonds. The maximum absolute atomic E-state index is 11.4. The summed E-state index contributed by atoms with van der Waals surface area (Å²) in [5.41, 5.74) is 6.56. The highest BCUT2D eigenvalue weighted by atomic mass is 32.2. The van der Waals surface area contributed by atoms with Gasteiger partial charge in [-0.25, -0.2) is 0 Å². The molecule has 0 bridgehead atoms. The van der Waals surface area contributed by atoms with Crippen LogP contribution in [-0.2, 0) is 20.2 Å². The van der Waals surface area contributed by atoms with Gasteiger partial charge in [-0.3, -0.25) is 9.11 Å². The first kappa shape index (κ1) is 19.8. The van der Waals surface area contributed by atoms with Gasteiger partial charge in [0.05, 0.1) is 12.0 Å². The first-order valence-corrected chi connectivity index (χ1v) is 9.76. The molecule has 0 aromatic heterocycles. The lowest BCUT2D eigenvalue weighted by Crippen LogP contribution is -2.02. The maximum Gasteiger partial charge on any atom is 0.296 e. The summed E-state index contributed by atoms with van der Waals surface area (Å²) in [5.74, 6) is 0.246. The molecule has 0 spiro atoms. The van der Waals surface area contributed by atoms with E-state index in [1.807, 2.05) is 0 Å². The normalized spacial score (nSPS) is 12.5. The minimum absolute atomic E-state index is 0.192. The van der Waals surface area contributed by atoms with Crippen molar-refractivity contribution in [1.82, 2.24) is 0 Å². The van der Waals surface area contributed by atoms with Gasteiger partial charge in [0, 0.05) is 11.8 Å². The molecule has 2 aromatic carbocycles. The van der Waals surface area contributed by atoms with Gasteiger partial charge in [-0.1, -0.05) is 0 Å². The quantitative estimate of drug-likeness (QED) is 0.390. The molecular formula is C14H15N3O7S2. The number of benzene rings is 2. The Hall–Kier alpha value is -2.54. The van der Waals surface area contributed by atoms with Crippen molar-refractivity contribution >= 4 is 37.3 Å². The van der Waals surface area contributed by atoms with Crippen LogP contribution in [0, 0.1) is 6.92 Å². The van der Waals surface area contributed by atoms with Gasteiger partial charge in [-0.2, -0.15) is 16.8 Å². The highest BCUT2D eigenvalue weighted by Crippen LogP contribution is 2.35. The van der Waals surface area contributed by atoms with Crippen LogP contribution < -0.4 is 10.5 Å². The minimum Gasteiger partial charge on any atom is -0.494 e. The predicted octanol–water partition coefficient (Wildman–Crippen LogP) is 2.49. The monoisotopic (exact) mass is 401 g/mol. The fourth-order valence-corrected chi connectivity index (χ4v) is 3.10. The van der Waals surface area contributed by atoms with Crippen LogP contribution in [0.25, 0.3) is 0 Å². The number of azo groups is 1. The van der Waals surface area contributed by atoms with Crippen molar-refractivity contribution in [3.8, 4) is 5.75 Å². The Morgan fingerprint density at radius 1 is 0.962 bits per heavy atom. The van der Waals surface area contributed by atoms with Crippen LogP contribution >= 0.6 is 0 Å². The van der Waals surface area contributed by atoms with Crippen LogP contribution in [0.15, 0.2) is 50.4 Å². The summed E-state index contributed by atoms with van der Waals surface area (Å²) < 4.78 is 68.8. The number of hydrogen-bond donors (Lipinski definition) is 3. The molecule has 0 radical (unpaired) electrons. The van der Waals surface area contributed by atoms with E-state index in [0.29, 0.717) is 11.3 Å². The molecule has 0 aliphatic rings. The molecule has 0 aliphatic heterocycles. The molecule has 2 rings (SSSR count). The van der Waals surface area contributed by atoms with E-state index >= 15 is 0 Å². The highest BCUT2D eigenvalue weighted by molar-refractivity contribution is 7.86. The second kappa shape index (κ2) is 6.99. The molecule has 10 nitrogen and oxygen atoms in total. The molecule has 0 heterocycles. The zero-order valence-electron chi connectivity index (χ0n) is 13.6. The maximum atomic E-state index is 11.4. The van der Waals surface area contributed by atoms with E-state index in [4.69, 9.17) is 15.0 Å². The number of ether oxygens (including phenoxy) is 1. The van der Waals surface area contributed by atoms with Crippen LogP contribution in [0.4, 0.5) is 17.1 Å². The fourth-order valence-electron chi connectivity index (χ4n) is 1.99. The number of aryl methyl sites for hydroxylation is 1. The Labute approximate surface area is 149 Å². The van der Waals surface area contributed by atoms with Crippen molar-refractivity contribution in [2.24, 2.45) is 10.2 Å². The third-order valence-corrected chi connectivity index (χ3v) is 5.09. The number of rotatable bonds is 5. The summed E-state index contributed by atoms with van der Waals surface area (Å²) >= 11 is 0. The molecule has 26 heavy (non-hydrogen) atoms. The van der Waals surface area contributed by atoms with Crippen molar-refractivity contribution in [2.75, 3.05) is 12.8 Å². The van der Waals surface area contributed by atoms with Gasteiger partial charge >= 0.3 is 0 Å². The molecule has 12 heteroatoms. The van der Waals surface area contributed by atoms with E-state index in [2.05, 4.69) is 10.2 Å². The van der Waals surface area contributed by atoms with Crippen LogP contribution in [0.3, 0.4) is 0 Å². The zero-order valence-corrected chi connectivity index (χ0v) is 15.2. The molecule has 0 aliphatic carbocycles. The molecule has 2 aromatic rings. The van der Waals surface area contributed by atoms with Gasteiger partial charge in [0.2, 0.25) is 0 Å². The van der Waals surface area contributed by atoms with Crippen molar-refractivity contribution in [1.29, 1.82) is 0 Å². The number of hydrogen-bond acceptors (Lipinski definition) is 8. The summed E-state index contributed by atoms with van der Waals surface area (Å²) in [7, 11) is -7.96. The van der Waals surface area contributed by atoms with E-state index in [9.17, 15) is 21.4 Å². The smallest absolute Gasteiger partial charge is 0.296 e. The Morgan fingerprint density at radius 2 is 1.58 bits per heavy atom. The lowest BCUT2D eigenvalue weighted by atomic mass is 10.1. The van der Waals surface area contributed by atoms with Crippen LogP contribution in [0.2, 0.25) is 0 Å². The third-order valence-electron chi connectivity index (χ3n) is 3.34. The van der Waals surface area contributed by atoms with Crippen molar-refractivity contribution in [3.63, 3.8) is 0 Å². The number of anilines is 1. The molecule has 0 unspecified atom stereocenters. The highest BCUT2D eigenvalue weighted by Gasteiger charge is 2.20. The van der Waals surface area contributed by atoms with E-state index in [0.717, 1.165) is 18.2 Å². The van der Waals surface area contributed by atoms with Crippen LogP contribution in [0.5, 0.6) is 5.75 Å². The average molecular weight is 401 g/mol. The third kappa shape index (κ3) is 4.35. The average Bonchev–Trinajstić information content (AvgIpc) is 2.53. The summed E-state index contributed by atoms with van der Waals surface area (Å²) in [5, 5.41) is 7.52. The lowest BCUT2D eigenvalue weighted by Gasteiger charge is -2.08. The number of nitrogen functional groups attached to an aromatic ring is 1. The topological polar surface area (TPSA) is 169 Å². The van der Waals surface area contributed by atoms with Gasteiger partial charge in [0.15, 0.2) is 0 Å². The molecule has 4 N–H and O–H groups in total. The van der Waals surface area contributed by atoms with Crippen LogP contribution in [0.1, 0.15) is 5.56 Å². The molecule has 140 valence electrons. The zero-order chi connectivity index (χ0) is 19.7. The molecule has 0 saturated carbocycles. The molecule has 0 fully saturated rings. The Morgan fingerprint density at radius 3 is 2.12 bits per heavy atom.